The Morgan fingerprint density at radius 3 is 1.98 bits per heavy atom. The molecule has 0 saturated heterocycles. The molecule has 8 aromatic rings. The van der Waals surface area contributed by atoms with Gasteiger partial charge in [-0.15, -0.1) is 11.3 Å². The molecule has 2 heteroatoms. The normalized spacial score (nSPS) is 21.1. The van der Waals surface area contributed by atoms with Gasteiger partial charge in [0.1, 0.15) is 0 Å². The summed E-state index contributed by atoms with van der Waals surface area (Å²) in [5, 5.41) is 2.66. The summed E-state index contributed by atoms with van der Waals surface area (Å²) in [6.45, 7) is 4.82. The smallest absolute Gasteiger partial charge is 0.0640 e. The van der Waals surface area contributed by atoms with Gasteiger partial charge in [0.15, 0.2) is 0 Å². The SMILES string of the molecule is CC1(C)c2ccccc2-c2cccc(-c3ccccc3N(c3ccc4c(c3)C3(CC5CCC3C5)c3ccccc3-4)c3cccc4c3sc3ccccc34)c21. The molecule has 1 aromatic heterocycles. The van der Waals surface area contributed by atoms with E-state index in [2.05, 4.69) is 170 Å². The van der Waals surface area contributed by atoms with Crippen LogP contribution in [0.5, 0.6) is 0 Å². The standard InChI is InChI=1S/C52H41NS/c1-51(2)43-20-7-3-14-36(43)40-17-11-18-41(49(40)51)38-15-5-9-22-46(38)53(47-23-12-19-42-39-16-6-10-24-48(39)54-50(42)47)34-27-28-37-35-13-4-8-21-44(35)52(45(37)30-34)31-32-25-26-33(52)29-32/h3-24,27-28,30,32-33H,25-26,29,31H2,1-2H3. The molecule has 2 fully saturated rings. The van der Waals surface area contributed by atoms with Crippen molar-refractivity contribution in [2.75, 3.05) is 4.90 Å². The van der Waals surface area contributed by atoms with E-state index in [1.54, 1.807) is 11.1 Å². The molecule has 1 heterocycles. The van der Waals surface area contributed by atoms with Gasteiger partial charge in [-0.05, 0) is 112 Å². The van der Waals surface area contributed by atoms with Crippen molar-refractivity contribution in [1.29, 1.82) is 0 Å². The molecule has 0 aliphatic heterocycles. The maximum atomic E-state index is 2.62. The highest BCUT2D eigenvalue weighted by Gasteiger charge is 2.56. The molecule has 1 nitrogen and oxygen atoms in total. The summed E-state index contributed by atoms with van der Waals surface area (Å²) >= 11 is 1.92. The fourth-order valence-electron chi connectivity index (χ4n) is 11.8. The van der Waals surface area contributed by atoms with Crippen LogP contribution in [0.2, 0.25) is 0 Å². The third-order valence-corrected chi connectivity index (χ3v) is 15.1. The lowest BCUT2D eigenvalue weighted by atomic mass is 9.67. The monoisotopic (exact) mass is 711 g/mol. The summed E-state index contributed by atoms with van der Waals surface area (Å²) in [5.41, 5.74) is 17.8. The van der Waals surface area contributed by atoms with E-state index in [0.717, 1.165) is 5.92 Å². The first kappa shape index (κ1) is 31.0. The van der Waals surface area contributed by atoms with Crippen LogP contribution in [-0.4, -0.2) is 0 Å². The van der Waals surface area contributed by atoms with Gasteiger partial charge in [0.05, 0.1) is 16.1 Å². The van der Waals surface area contributed by atoms with Crippen molar-refractivity contribution in [3.63, 3.8) is 0 Å². The first-order valence-electron chi connectivity index (χ1n) is 19.8. The molecule has 0 radical (unpaired) electrons. The Labute approximate surface area is 321 Å². The molecule has 7 aromatic carbocycles. The number of hydrogen-bond donors (Lipinski definition) is 0. The van der Waals surface area contributed by atoms with Crippen LogP contribution in [0.15, 0.2) is 152 Å². The second kappa shape index (κ2) is 11.1. The minimum Gasteiger partial charge on any atom is -0.308 e. The predicted molar refractivity (Wildman–Crippen MR) is 229 cm³/mol. The molecular weight excluding hydrogens is 671 g/mol. The summed E-state index contributed by atoms with van der Waals surface area (Å²) < 4.78 is 2.66. The van der Waals surface area contributed by atoms with E-state index >= 15 is 0 Å². The molecular formula is C52H41NS. The largest absolute Gasteiger partial charge is 0.308 e. The maximum absolute atomic E-state index is 2.62. The van der Waals surface area contributed by atoms with E-state index in [9.17, 15) is 0 Å². The molecule has 4 aliphatic carbocycles. The van der Waals surface area contributed by atoms with Gasteiger partial charge in [-0.2, -0.15) is 0 Å². The number of hydrogen-bond acceptors (Lipinski definition) is 2. The van der Waals surface area contributed by atoms with Gasteiger partial charge in [-0.3, -0.25) is 0 Å². The quantitative estimate of drug-likeness (QED) is 0.176. The zero-order valence-corrected chi connectivity index (χ0v) is 31.6. The van der Waals surface area contributed by atoms with Gasteiger partial charge in [0, 0.05) is 37.6 Å². The molecule has 0 amide bonds. The minimum atomic E-state index is -0.126. The Bertz CT molecular complexity index is 2860. The number of para-hydroxylation sites is 1. The average molecular weight is 712 g/mol. The third kappa shape index (κ3) is 3.99. The number of rotatable bonds is 4. The number of nitrogens with zero attached hydrogens (tertiary/aromatic N) is 1. The van der Waals surface area contributed by atoms with E-state index in [-0.39, 0.29) is 10.8 Å². The van der Waals surface area contributed by atoms with Crippen LogP contribution >= 0.6 is 11.3 Å². The maximum Gasteiger partial charge on any atom is 0.0640 e. The van der Waals surface area contributed by atoms with Crippen LogP contribution < -0.4 is 4.90 Å². The molecule has 54 heavy (non-hydrogen) atoms. The highest BCUT2D eigenvalue weighted by atomic mass is 32.1. The van der Waals surface area contributed by atoms with Crippen molar-refractivity contribution < 1.29 is 0 Å². The lowest BCUT2D eigenvalue weighted by molar-refractivity contribution is 0.327. The Hall–Kier alpha value is -5.44. The van der Waals surface area contributed by atoms with Gasteiger partial charge in [0.25, 0.3) is 0 Å². The zero-order valence-electron chi connectivity index (χ0n) is 30.8. The molecule has 1 spiro atoms. The van der Waals surface area contributed by atoms with E-state index < -0.39 is 0 Å². The van der Waals surface area contributed by atoms with Gasteiger partial charge in [-0.25, -0.2) is 0 Å². The minimum absolute atomic E-state index is 0.107. The number of anilines is 3. The van der Waals surface area contributed by atoms with Crippen molar-refractivity contribution in [3.05, 3.63) is 174 Å². The van der Waals surface area contributed by atoms with Crippen molar-refractivity contribution in [2.24, 2.45) is 11.8 Å². The average Bonchev–Trinajstić information content (AvgIpc) is 4.03. The van der Waals surface area contributed by atoms with Crippen LogP contribution in [0.1, 0.15) is 61.8 Å². The molecule has 0 N–H and O–H groups in total. The van der Waals surface area contributed by atoms with Crippen molar-refractivity contribution >= 4 is 48.6 Å². The van der Waals surface area contributed by atoms with Crippen molar-refractivity contribution in [3.8, 4) is 33.4 Å². The second-order valence-corrected chi connectivity index (χ2v) is 17.9. The van der Waals surface area contributed by atoms with Crippen LogP contribution in [0.4, 0.5) is 17.1 Å². The molecule has 260 valence electrons. The summed E-state index contributed by atoms with van der Waals surface area (Å²) in [4.78, 5) is 2.62. The van der Waals surface area contributed by atoms with E-state index in [4.69, 9.17) is 0 Å². The summed E-state index contributed by atoms with van der Waals surface area (Å²) in [6, 6.07) is 57.9. The number of thiophene rings is 1. The lowest BCUT2D eigenvalue weighted by Crippen LogP contribution is -2.32. The number of benzene rings is 7. The first-order valence-corrected chi connectivity index (χ1v) is 20.6. The van der Waals surface area contributed by atoms with Crippen LogP contribution in [0.25, 0.3) is 53.6 Å². The summed E-state index contributed by atoms with van der Waals surface area (Å²) in [7, 11) is 0. The molecule has 2 bridgehead atoms. The third-order valence-electron chi connectivity index (χ3n) is 13.9. The lowest BCUT2D eigenvalue weighted by Gasteiger charge is -2.37. The molecule has 4 aliphatic rings. The molecule has 2 saturated carbocycles. The van der Waals surface area contributed by atoms with E-state index in [1.165, 1.54) is 107 Å². The van der Waals surface area contributed by atoms with Gasteiger partial charge in [0.2, 0.25) is 0 Å². The topological polar surface area (TPSA) is 3.24 Å². The first-order chi connectivity index (χ1) is 26.5. The van der Waals surface area contributed by atoms with Crippen LogP contribution in [0, 0.1) is 11.8 Å². The Kier molecular flexibility index (Phi) is 6.34. The molecule has 3 atom stereocenters. The second-order valence-electron chi connectivity index (χ2n) is 16.8. The van der Waals surface area contributed by atoms with Gasteiger partial charge < -0.3 is 4.90 Å². The highest BCUT2D eigenvalue weighted by molar-refractivity contribution is 7.26. The van der Waals surface area contributed by atoms with Crippen LogP contribution in [0.3, 0.4) is 0 Å². The molecule has 3 unspecified atom stereocenters. The predicted octanol–water partition coefficient (Wildman–Crippen LogP) is 14.6. The zero-order chi connectivity index (χ0) is 35.8. The molecule has 12 rings (SSSR count). The summed E-state index contributed by atoms with van der Waals surface area (Å²) in [5.74, 6) is 1.54. The fourth-order valence-corrected chi connectivity index (χ4v) is 13.0. The van der Waals surface area contributed by atoms with E-state index in [1.807, 2.05) is 11.3 Å². The highest BCUT2D eigenvalue weighted by Crippen LogP contribution is 2.66. The van der Waals surface area contributed by atoms with Gasteiger partial charge >= 0.3 is 0 Å². The Morgan fingerprint density at radius 1 is 0.537 bits per heavy atom. The van der Waals surface area contributed by atoms with Crippen molar-refractivity contribution in [1.82, 2.24) is 0 Å². The summed E-state index contributed by atoms with van der Waals surface area (Å²) in [6.07, 6.45) is 5.37. The Balaban J connectivity index is 1.13. The fraction of sp³-hybridized carbons (Fsp3) is 0.192. The van der Waals surface area contributed by atoms with Gasteiger partial charge in [-0.1, -0.05) is 142 Å². The van der Waals surface area contributed by atoms with Crippen LogP contribution in [-0.2, 0) is 10.8 Å². The van der Waals surface area contributed by atoms with Crippen molar-refractivity contribution in [2.45, 2.75) is 50.4 Å². The Morgan fingerprint density at radius 2 is 1.17 bits per heavy atom. The number of fused-ring (bicyclic) bond motifs is 14. The van der Waals surface area contributed by atoms with E-state index in [0.29, 0.717) is 5.92 Å².